The molecule has 2 rings (SSSR count). The minimum atomic E-state index is -2.86. The van der Waals surface area contributed by atoms with E-state index in [9.17, 15) is 13.6 Å². The molecule has 8 heteroatoms. The van der Waals surface area contributed by atoms with Gasteiger partial charge in [0.1, 0.15) is 5.75 Å². The van der Waals surface area contributed by atoms with Gasteiger partial charge in [-0.3, -0.25) is 4.79 Å². The molecule has 2 N–H and O–H groups in total. The number of benzene rings is 1. The molecule has 2 unspecified atom stereocenters. The SMILES string of the molecule is COCCNCCNC(=O)C1CC1c1ccccc1OC(F)F.Cl. The van der Waals surface area contributed by atoms with Crippen LogP contribution in [0.3, 0.4) is 0 Å². The molecular weight excluding hydrogens is 342 g/mol. The van der Waals surface area contributed by atoms with Crippen molar-refractivity contribution < 1.29 is 23.0 Å². The van der Waals surface area contributed by atoms with E-state index < -0.39 is 6.61 Å². The summed E-state index contributed by atoms with van der Waals surface area (Å²) in [7, 11) is 1.63. The lowest BCUT2D eigenvalue weighted by Crippen LogP contribution is -2.34. The number of hydrogen-bond donors (Lipinski definition) is 2. The summed E-state index contributed by atoms with van der Waals surface area (Å²) in [4.78, 5) is 12.1. The Morgan fingerprint density at radius 2 is 2.04 bits per heavy atom. The third kappa shape index (κ3) is 6.22. The molecule has 1 fully saturated rings. The first kappa shape index (κ1) is 20.6. The van der Waals surface area contributed by atoms with E-state index in [1.165, 1.54) is 6.07 Å². The summed E-state index contributed by atoms with van der Waals surface area (Å²) in [5.74, 6) is -0.109. The smallest absolute Gasteiger partial charge is 0.387 e. The summed E-state index contributed by atoms with van der Waals surface area (Å²) in [6.07, 6.45) is 0.659. The number of methoxy groups -OCH3 is 1. The number of para-hydroxylation sites is 1. The van der Waals surface area contributed by atoms with Crippen LogP contribution in [0.25, 0.3) is 0 Å². The highest BCUT2D eigenvalue weighted by Crippen LogP contribution is 2.50. The van der Waals surface area contributed by atoms with Gasteiger partial charge < -0.3 is 20.1 Å². The number of halogens is 3. The zero-order valence-corrected chi connectivity index (χ0v) is 14.3. The minimum Gasteiger partial charge on any atom is -0.435 e. The van der Waals surface area contributed by atoms with Crippen molar-refractivity contribution in [2.24, 2.45) is 5.92 Å². The van der Waals surface area contributed by atoms with Crippen molar-refractivity contribution in [3.8, 4) is 5.75 Å². The summed E-state index contributed by atoms with van der Waals surface area (Å²) in [5.41, 5.74) is 0.672. The fraction of sp³-hybridized carbons (Fsp3) is 0.562. The van der Waals surface area contributed by atoms with Gasteiger partial charge in [-0.25, -0.2) is 0 Å². The van der Waals surface area contributed by atoms with Crippen LogP contribution in [0.2, 0.25) is 0 Å². The molecule has 0 heterocycles. The fourth-order valence-electron chi connectivity index (χ4n) is 2.52. The van der Waals surface area contributed by atoms with Crippen LogP contribution in [0.4, 0.5) is 8.78 Å². The molecule has 5 nitrogen and oxygen atoms in total. The Labute approximate surface area is 146 Å². The minimum absolute atomic E-state index is 0. The van der Waals surface area contributed by atoms with Gasteiger partial charge in [0.15, 0.2) is 0 Å². The highest BCUT2D eigenvalue weighted by molar-refractivity contribution is 5.85. The summed E-state index contributed by atoms with van der Waals surface area (Å²) in [5, 5.41) is 5.98. The van der Waals surface area contributed by atoms with Crippen molar-refractivity contribution in [1.82, 2.24) is 10.6 Å². The van der Waals surface area contributed by atoms with Crippen molar-refractivity contribution in [3.05, 3.63) is 29.8 Å². The van der Waals surface area contributed by atoms with Crippen LogP contribution in [0.15, 0.2) is 24.3 Å². The number of nitrogens with one attached hydrogen (secondary N) is 2. The topological polar surface area (TPSA) is 59.6 Å². The molecule has 1 aliphatic carbocycles. The molecule has 0 aromatic heterocycles. The van der Waals surface area contributed by atoms with Gasteiger partial charge in [0.05, 0.1) is 6.61 Å². The van der Waals surface area contributed by atoms with Crippen LogP contribution >= 0.6 is 12.4 Å². The lowest BCUT2D eigenvalue weighted by Gasteiger charge is -2.10. The Bertz CT molecular complexity index is 520. The molecule has 0 bridgehead atoms. The monoisotopic (exact) mass is 364 g/mol. The van der Waals surface area contributed by atoms with E-state index in [1.807, 2.05) is 0 Å². The van der Waals surface area contributed by atoms with Crippen LogP contribution in [-0.4, -0.2) is 45.9 Å². The number of hydrogen-bond acceptors (Lipinski definition) is 4. The van der Waals surface area contributed by atoms with Crippen LogP contribution in [0, 0.1) is 5.92 Å². The van der Waals surface area contributed by atoms with E-state index >= 15 is 0 Å². The average Bonchev–Trinajstić information content (AvgIpc) is 3.31. The molecule has 2 atom stereocenters. The second-order valence-corrected chi connectivity index (χ2v) is 5.40. The van der Waals surface area contributed by atoms with Gasteiger partial charge in [0, 0.05) is 32.7 Å². The molecule has 0 radical (unpaired) electrons. The molecule has 136 valence electrons. The largest absolute Gasteiger partial charge is 0.435 e. The average molecular weight is 365 g/mol. The maximum absolute atomic E-state index is 12.4. The summed E-state index contributed by atoms with van der Waals surface area (Å²) < 4.78 is 34.3. The van der Waals surface area contributed by atoms with Crippen molar-refractivity contribution in [2.75, 3.05) is 33.4 Å². The molecule has 1 aromatic carbocycles. The third-order valence-electron chi connectivity index (χ3n) is 3.75. The zero-order chi connectivity index (χ0) is 16.7. The number of amides is 1. The summed E-state index contributed by atoms with van der Waals surface area (Å²) in [6.45, 7) is -0.310. The Hall–Kier alpha value is -1.44. The van der Waals surface area contributed by atoms with Gasteiger partial charge in [-0.2, -0.15) is 8.78 Å². The molecule has 0 aliphatic heterocycles. The summed E-state index contributed by atoms with van der Waals surface area (Å²) in [6, 6.07) is 6.65. The molecule has 24 heavy (non-hydrogen) atoms. The molecule has 0 spiro atoms. The number of rotatable bonds is 10. The van der Waals surface area contributed by atoms with Gasteiger partial charge >= 0.3 is 6.61 Å². The second kappa shape index (κ2) is 10.4. The van der Waals surface area contributed by atoms with Crippen molar-refractivity contribution in [3.63, 3.8) is 0 Å². The number of ether oxygens (including phenoxy) is 2. The molecule has 1 aromatic rings. The van der Waals surface area contributed by atoms with Crippen molar-refractivity contribution >= 4 is 18.3 Å². The number of carbonyl (C=O) groups excluding carboxylic acids is 1. The molecule has 0 saturated heterocycles. The first-order valence-corrected chi connectivity index (χ1v) is 7.64. The van der Waals surface area contributed by atoms with E-state index in [0.717, 1.165) is 6.54 Å². The highest BCUT2D eigenvalue weighted by atomic mass is 35.5. The quantitative estimate of drug-likeness (QED) is 0.625. The fourth-order valence-corrected chi connectivity index (χ4v) is 2.52. The third-order valence-corrected chi connectivity index (χ3v) is 3.75. The van der Waals surface area contributed by atoms with Crippen LogP contribution in [-0.2, 0) is 9.53 Å². The summed E-state index contributed by atoms with van der Waals surface area (Å²) >= 11 is 0. The van der Waals surface area contributed by atoms with Gasteiger partial charge in [-0.1, -0.05) is 18.2 Å². The predicted octanol–water partition coefficient (Wildman–Crippen LogP) is 2.17. The maximum atomic E-state index is 12.4. The first-order chi connectivity index (χ1) is 11.1. The molecule has 1 amide bonds. The van der Waals surface area contributed by atoms with Gasteiger partial charge in [0.25, 0.3) is 0 Å². The predicted molar refractivity (Wildman–Crippen MR) is 88.9 cm³/mol. The Morgan fingerprint density at radius 1 is 1.29 bits per heavy atom. The van der Waals surface area contributed by atoms with E-state index in [2.05, 4.69) is 15.4 Å². The van der Waals surface area contributed by atoms with Gasteiger partial charge in [0.2, 0.25) is 5.91 Å². The standard InChI is InChI=1S/C16H22F2N2O3.ClH/c1-22-9-8-19-6-7-20-15(21)13-10-12(13)11-4-2-3-5-14(11)23-16(17)18;/h2-5,12-13,16,19H,6-10H2,1H3,(H,20,21);1H. The van der Waals surface area contributed by atoms with E-state index in [4.69, 9.17) is 4.74 Å². The number of alkyl halides is 2. The van der Waals surface area contributed by atoms with Gasteiger partial charge in [-0.05, 0) is 24.0 Å². The normalized spacial score (nSPS) is 18.8. The molecular formula is C16H23ClF2N2O3. The molecule has 1 saturated carbocycles. The zero-order valence-electron chi connectivity index (χ0n) is 13.5. The van der Waals surface area contributed by atoms with Gasteiger partial charge in [-0.15, -0.1) is 12.4 Å². The van der Waals surface area contributed by atoms with E-state index in [1.54, 1.807) is 25.3 Å². The second-order valence-electron chi connectivity index (χ2n) is 5.40. The van der Waals surface area contributed by atoms with Crippen LogP contribution in [0.1, 0.15) is 17.9 Å². The molecule has 1 aliphatic rings. The Morgan fingerprint density at radius 3 is 2.75 bits per heavy atom. The lowest BCUT2D eigenvalue weighted by atomic mass is 10.1. The Kier molecular flexibility index (Phi) is 8.95. The first-order valence-electron chi connectivity index (χ1n) is 7.64. The van der Waals surface area contributed by atoms with Crippen LogP contribution < -0.4 is 15.4 Å². The van der Waals surface area contributed by atoms with E-state index in [0.29, 0.717) is 31.7 Å². The highest BCUT2D eigenvalue weighted by Gasteiger charge is 2.45. The maximum Gasteiger partial charge on any atom is 0.387 e. The van der Waals surface area contributed by atoms with Crippen molar-refractivity contribution in [1.29, 1.82) is 0 Å². The van der Waals surface area contributed by atoms with Crippen molar-refractivity contribution in [2.45, 2.75) is 19.0 Å². The van der Waals surface area contributed by atoms with E-state index in [-0.39, 0.29) is 35.9 Å². The lowest BCUT2D eigenvalue weighted by molar-refractivity contribution is -0.122. The van der Waals surface area contributed by atoms with Crippen LogP contribution in [0.5, 0.6) is 5.75 Å². The number of carbonyl (C=O) groups is 1. The Balaban J connectivity index is 0.00000288.